The van der Waals surface area contributed by atoms with Crippen LogP contribution >= 0.6 is 0 Å². The lowest BCUT2D eigenvalue weighted by Gasteiger charge is -2.13. The van der Waals surface area contributed by atoms with Crippen LogP contribution in [-0.2, 0) is 0 Å². The van der Waals surface area contributed by atoms with Crippen LogP contribution < -0.4 is 10.6 Å². The van der Waals surface area contributed by atoms with E-state index in [0.717, 1.165) is 5.69 Å². The Labute approximate surface area is 161 Å². The van der Waals surface area contributed by atoms with Gasteiger partial charge < -0.3 is 15.1 Å². The van der Waals surface area contributed by atoms with Crippen LogP contribution in [0.3, 0.4) is 0 Å². The number of carbonyl (C=O) groups is 2. The van der Waals surface area contributed by atoms with Gasteiger partial charge in [-0.3, -0.25) is 9.59 Å². The lowest BCUT2D eigenvalue weighted by molar-refractivity contribution is 0.0910. The van der Waals surface area contributed by atoms with Gasteiger partial charge in [-0.2, -0.15) is 5.10 Å². The third kappa shape index (κ3) is 4.28. The summed E-state index contributed by atoms with van der Waals surface area (Å²) in [5.41, 5.74) is 1.84. The first-order chi connectivity index (χ1) is 13.5. The maximum atomic E-state index is 13.2. The van der Waals surface area contributed by atoms with E-state index in [9.17, 15) is 14.0 Å². The fourth-order valence-corrected chi connectivity index (χ4v) is 2.82. The van der Waals surface area contributed by atoms with Gasteiger partial charge in [-0.1, -0.05) is 13.8 Å². The molecule has 146 valence electrons. The molecule has 28 heavy (non-hydrogen) atoms. The van der Waals surface area contributed by atoms with Crippen molar-refractivity contribution in [3.05, 3.63) is 71.7 Å². The average Bonchev–Trinajstić information content (AvgIpc) is 3.35. The Morgan fingerprint density at radius 2 is 1.79 bits per heavy atom. The van der Waals surface area contributed by atoms with E-state index in [1.165, 1.54) is 24.6 Å². The summed E-state index contributed by atoms with van der Waals surface area (Å²) in [4.78, 5) is 24.4. The van der Waals surface area contributed by atoms with Crippen LogP contribution in [-0.4, -0.2) is 34.7 Å². The van der Waals surface area contributed by atoms with Gasteiger partial charge in [-0.25, -0.2) is 9.07 Å². The number of halogens is 1. The predicted molar refractivity (Wildman–Crippen MR) is 101 cm³/mol. The van der Waals surface area contributed by atoms with Gasteiger partial charge in [0.05, 0.1) is 29.4 Å². The number of nitrogens with one attached hydrogen (secondary N) is 2. The van der Waals surface area contributed by atoms with E-state index in [2.05, 4.69) is 15.7 Å². The van der Waals surface area contributed by atoms with Gasteiger partial charge in [0, 0.05) is 13.1 Å². The van der Waals surface area contributed by atoms with E-state index in [1.54, 1.807) is 28.9 Å². The number of benzene rings is 1. The minimum absolute atomic E-state index is 0.0203. The Morgan fingerprint density at radius 3 is 2.39 bits per heavy atom. The van der Waals surface area contributed by atoms with Crippen LogP contribution in [0.2, 0.25) is 0 Å². The normalized spacial score (nSPS) is 10.9. The Bertz CT molecular complexity index is 947. The second-order valence-electron chi connectivity index (χ2n) is 6.48. The molecular formula is C20H21FN4O3. The number of hydrogen-bond acceptors (Lipinski definition) is 4. The second-order valence-corrected chi connectivity index (χ2v) is 6.48. The number of hydrogen-bond donors (Lipinski definition) is 2. The Hall–Kier alpha value is -3.42. The van der Waals surface area contributed by atoms with Crippen LogP contribution in [0, 0.1) is 5.82 Å². The highest BCUT2D eigenvalue weighted by molar-refractivity contribution is 5.95. The molecule has 0 fully saturated rings. The maximum Gasteiger partial charge on any atom is 0.287 e. The largest absolute Gasteiger partial charge is 0.459 e. The summed E-state index contributed by atoms with van der Waals surface area (Å²) in [6, 6.07) is 9.11. The van der Waals surface area contributed by atoms with E-state index < -0.39 is 0 Å². The molecule has 3 rings (SSSR count). The van der Waals surface area contributed by atoms with Crippen molar-refractivity contribution in [3.8, 4) is 5.69 Å². The molecule has 0 aliphatic carbocycles. The minimum atomic E-state index is -0.341. The van der Waals surface area contributed by atoms with E-state index in [1.807, 2.05) is 13.8 Å². The predicted octanol–water partition coefficient (Wildman–Crippen LogP) is 2.89. The quantitative estimate of drug-likeness (QED) is 0.613. The SMILES string of the molecule is CC(C)c1c(C(=O)NCCNC(=O)c2ccco2)cnn1-c1ccc(F)cc1. The third-order valence-corrected chi connectivity index (χ3v) is 4.11. The monoisotopic (exact) mass is 384 g/mol. The lowest BCUT2D eigenvalue weighted by Crippen LogP contribution is -2.34. The van der Waals surface area contributed by atoms with Crippen molar-refractivity contribution in [2.75, 3.05) is 13.1 Å². The van der Waals surface area contributed by atoms with Crippen LogP contribution in [0.5, 0.6) is 0 Å². The fraction of sp³-hybridized carbons (Fsp3) is 0.250. The molecule has 3 aromatic rings. The molecule has 0 aliphatic rings. The third-order valence-electron chi connectivity index (χ3n) is 4.11. The molecule has 0 bridgehead atoms. The fourth-order valence-electron chi connectivity index (χ4n) is 2.82. The number of nitrogens with zero attached hydrogens (tertiary/aromatic N) is 2. The number of carbonyl (C=O) groups excluding carboxylic acids is 2. The molecule has 0 spiro atoms. The molecule has 0 saturated carbocycles. The van der Waals surface area contributed by atoms with Crippen LogP contribution in [0.25, 0.3) is 5.69 Å². The molecule has 0 aliphatic heterocycles. The van der Waals surface area contributed by atoms with Crippen LogP contribution in [0.1, 0.15) is 46.4 Å². The number of aromatic nitrogens is 2. The Balaban J connectivity index is 1.65. The zero-order valence-electron chi connectivity index (χ0n) is 15.6. The zero-order valence-corrected chi connectivity index (χ0v) is 15.6. The molecule has 0 atom stereocenters. The highest BCUT2D eigenvalue weighted by Gasteiger charge is 2.20. The lowest BCUT2D eigenvalue weighted by atomic mass is 10.1. The zero-order chi connectivity index (χ0) is 20.1. The van der Waals surface area contributed by atoms with Gasteiger partial charge in [0.25, 0.3) is 11.8 Å². The van der Waals surface area contributed by atoms with E-state index in [4.69, 9.17) is 4.42 Å². The van der Waals surface area contributed by atoms with Crippen LogP contribution in [0.15, 0.2) is 53.3 Å². The summed E-state index contributed by atoms with van der Waals surface area (Å²) in [6.07, 6.45) is 2.92. The smallest absolute Gasteiger partial charge is 0.287 e. The van der Waals surface area contributed by atoms with Crippen molar-refractivity contribution in [2.24, 2.45) is 0 Å². The van der Waals surface area contributed by atoms with Crippen LogP contribution in [0.4, 0.5) is 4.39 Å². The van der Waals surface area contributed by atoms with E-state index in [0.29, 0.717) is 11.3 Å². The van der Waals surface area contributed by atoms with Crippen molar-refractivity contribution >= 4 is 11.8 Å². The summed E-state index contributed by atoms with van der Waals surface area (Å²) < 4.78 is 19.8. The molecular weight excluding hydrogens is 363 g/mol. The summed E-state index contributed by atoms with van der Waals surface area (Å²) in [7, 11) is 0. The van der Waals surface area contributed by atoms with Gasteiger partial charge in [0.15, 0.2) is 5.76 Å². The molecule has 2 heterocycles. The molecule has 0 unspecified atom stereocenters. The van der Waals surface area contributed by atoms with E-state index >= 15 is 0 Å². The first kappa shape index (κ1) is 19.3. The van der Waals surface area contributed by atoms with Gasteiger partial charge in [0.2, 0.25) is 0 Å². The Kier molecular flexibility index (Phi) is 5.88. The summed E-state index contributed by atoms with van der Waals surface area (Å²) in [6.45, 7) is 4.42. The van der Waals surface area contributed by atoms with Gasteiger partial charge >= 0.3 is 0 Å². The molecule has 8 heteroatoms. The van der Waals surface area contributed by atoms with Crippen molar-refractivity contribution in [1.29, 1.82) is 0 Å². The number of furan rings is 1. The molecule has 0 radical (unpaired) electrons. The van der Waals surface area contributed by atoms with Crippen molar-refractivity contribution < 1.29 is 18.4 Å². The Morgan fingerprint density at radius 1 is 1.11 bits per heavy atom. The molecule has 2 amide bonds. The van der Waals surface area contributed by atoms with Gasteiger partial charge in [-0.15, -0.1) is 0 Å². The standard InChI is InChI=1S/C20H21FN4O3/c1-13(2)18-16(12-24-25(18)15-7-5-14(21)6-8-15)19(26)22-9-10-23-20(27)17-4-3-11-28-17/h3-8,11-13H,9-10H2,1-2H3,(H,22,26)(H,23,27). The van der Waals surface area contributed by atoms with Crippen molar-refractivity contribution in [1.82, 2.24) is 20.4 Å². The summed E-state index contributed by atoms with van der Waals surface area (Å²) in [5, 5.41) is 9.73. The van der Waals surface area contributed by atoms with Gasteiger partial charge in [0.1, 0.15) is 5.82 Å². The highest BCUT2D eigenvalue weighted by Crippen LogP contribution is 2.23. The summed E-state index contributed by atoms with van der Waals surface area (Å²) >= 11 is 0. The summed E-state index contributed by atoms with van der Waals surface area (Å²) in [5.74, 6) is -0.729. The second kappa shape index (κ2) is 8.51. The average molecular weight is 384 g/mol. The number of amides is 2. The van der Waals surface area contributed by atoms with E-state index in [-0.39, 0.29) is 42.4 Å². The topological polar surface area (TPSA) is 89.2 Å². The molecule has 2 aromatic heterocycles. The molecule has 7 nitrogen and oxygen atoms in total. The number of rotatable bonds is 7. The first-order valence-corrected chi connectivity index (χ1v) is 8.91. The minimum Gasteiger partial charge on any atom is -0.459 e. The molecule has 1 aromatic carbocycles. The van der Waals surface area contributed by atoms with Gasteiger partial charge in [-0.05, 0) is 42.3 Å². The highest BCUT2D eigenvalue weighted by atomic mass is 19.1. The van der Waals surface area contributed by atoms with Crippen molar-refractivity contribution in [3.63, 3.8) is 0 Å². The molecule has 0 saturated heterocycles. The molecule has 2 N–H and O–H groups in total. The maximum absolute atomic E-state index is 13.2. The first-order valence-electron chi connectivity index (χ1n) is 8.91. The van der Waals surface area contributed by atoms with Crippen molar-refractivity contribution in [2.45, 2.75) is 19.8 Å².